The zero-order valence-electron chi connectivity index (χ0n) is 11.1. The van der Waals surface area contributed by atoms with Gasteiger partial charge in [-0.25, -0.2) is 0 Å². The van der Waals surface area contributed by atoms with Crippen molar-refractivity contribution in [2.24, 2.45) is 0 Å². The topological polar surface area (TPSA) is 33.1 Å². The fraction of sp³-hybridized carbons (Fsp3) is 0.188. The van der Waals surface area contributed by atoms with Crippen molar-refractivity contribution in [3.63, 3.8) is 0 Å². The Morgan fingerprint density at radius 1 is 1.10 bits per heavy atom. The second-order valence-corrected chi connectivity index (χ2v) is 4.61. The first-order valence-corrected chi connectivity index (χ1v) is 6.31. The highest BCUT2D eigenvalue weighted by Gasteiger charge is 2.30. The first-order valence-electron chi connectivity index (χ1n) is 6.31. The zero-order valence-corrected chi connectivity index (χ0v) is 11.1. The number of halogens is 3. The Bertz CT molecular complexity index is 593. The highest BCUT2D eigenvalue weighted by molar-refractivity contribution is 5.32. The molecule has 0 bridgehead atoms. The Balaban J connectivity index is 2.28. The van der Waals surface area contributed by atoms with Crippen molar-refractivity contribution in [3.05, 3.63) is 78.1 Å². The maximum atomic E-state index is 12.5. The molecule has 0 aliphatic rings. The normalized spacial score (nSPS) is 14.5. The molecule has 0 saturated carbocycles. The molecular weight excluding hydrogens is 279 g/mol. The lowest BCUT2D eigenvalue weighted by atomic mass is 9.89. The Morgan fingerprint density at radius 2 is 1.76 bits per heavy atom. The largest absolute Gasteiger partial charge is 0.416 e. The Kier molecular flexibility index (Phi) is 4.43. The van der Waals surface area contributed by atoms with Gasteiger partial charge in [0, 0.05) is 18.3 Å². The van der Waals surface area contributed by atoms with Gasteiger partial charge in [0.1, 0.15) is 0 Å². The summed E-state index contributed by atoms with van der Waals surface area (Å²) in [5, 5.41) is 10.3. The number of aromatic nitrogens is 1. The summed E-state index contributed by atoms with van der Waals surface area (Å²) in [5.41, 5.74) is 0.432. The molecule has 21 heavy (non-hydrogen) atoms. The summed E-state index contributed by atoms with van der Waals surface area (Å²) >= 11 is 0. The summed E-state index contributed by atoms with van der Waals surface area (Å²) in [6, 6.07) is 8.11. The van der Waals surface area contributed by atoms with Crippen molar-refractivity contribution in [3.8, 4) is 0 Å². The number of aliphatic hydroxyl groups excluding tert-OH is 1. The molecule has 5 heteroatoms. The first kappa shape index (κ1) is 15.3. The average molecular weight is 293 g/mol. The Hall–Kier alpha value is -2.14. The molecule has 0 radical (unpaired) electrons. The molecule has 0 fully saturated rings. The molecule has 2 unspecified atom stereocenters. The maximum absolute atomic E-state index is 12.5. The fourth-order valence-electron chi connectivity index (χ4n) is 2.10. The van der Waals surface area contributed by atoms with Crippen molar-refractivity contribution in [1.29, 1.82) is 0 Å². The van der Waals surface area contributed by atoms with Gasteiger partial charge in [0.15, 0.2) is 0 Å². The van der Waals surface area contributed by atoms with E-state index in [2.05, 4.69) is 11.6 Å². The average Bonchev–Trinajstić information content (AvgIpc) is 2.48. The summed E-state index contributed by atoms with van der Waals surface area (Å²) in [5.74, 6) is -0.503. The summed E-state index contributed by atoms with van der Waals surface area (Å²) in [6.45, 7) is 3.65. The number of hydrogen-bond donors (Lipinski definition) is 1. The SMILES string of the molecule is C=CC(c1ccc(C(F)(F)F)cc1)C(O)c1cccnc1. The minimum atomic E-state index is -4.37. The lowest BCUT2D eigenvalue weighted by Gasteiger charge is -2.20. The number of rotatable bonds is 4. The minimum absolute atomic E-state index is 0.503. The summed E-state index contributed by atoms with van der Waals surface area (Å²) in [6.07, 6.45) is -0.666. The van der Waals surface area contributed by atoms with E-state index in [1.807, 2.05) is 0 Å². The van der Waals surface area contributed by atoms with Crippen LogP contribution >= 0.6 is 0 Å². The van der Waals surface area contributed by atoms with E-state index < -0.39 is 23.8 Å². The van der Waals surface area contributed by atoms with E-state index in [1.165, 1.54) is 24.4 Å². The number of benzene rings is 1. The van der Waals surface area contributed by atoms with E-state index >= 15 is 0 Å². The van der Waals surface area contributed by atoms with E-state index in [0.29, 0.717) is 11.1 Å². The molecule has 0 saturated heterocycles. The lowest BCUT2D eigenvalue weighted by Crippen LogP contribution is -2.10. The van der Waals surface area contributed by atoms with Crippen LogP contribution in [0.2, 0.25) is 0 Å². The lowest BCUT2D eigenvalue weighted by molar-refractivity contribution is -0.137. The highest BCUT2D eigenvalue weighted by Crippen LogP contribution is 2.34. The van der Waals surface area contributed by atoms with Crippen molar-refractivity contribution in [1.82, 2.24) is 4.98 Å². The van der Waals surface area contributed by atoms with Crippen molar-refractivity contribution in [2.75, 3.05) is 0 Å². The summed E-state index contributed by atoms with van der Waals surface area (Å²) in [7, 11) is 0. The number of hydrogen-bond acceptors (Lipinski definition) is 2. The minimum Gasteiger partial charge on any atom is -0.387 e. The number of aliphatic hydroxyl groups is 1. The van der Waals surface area contributed by atoms with Crippen LogP contribution in [0.25, 0.3) is 0 Å². The van der Waals surface area contributed by atoms with Gasteiger partial charge in [0.2, 0.25) is 0 Å². The van der Waals surface area contributed by atoms with Gasteiger partial charge in [0.05, 0.1) is 11.7 Å². The predicted octanol–water partition coefficient (Wildman–Crippen LogP) is 4.10. The first-order chi connectivity index (χ1) is 9.93. The summed E-state index contributed by atoms with van der Waals surface area (Å²) < 4.78 is 37.6. The molecule has 0 amide bonds. The fourth-order valence-corrected chi connectivity index (χ4v) is 2.10. The van der Waals surface area contributed by atoms with Gasteiger partial charge in [-0.2, -0.15) is 13.2 Å². The van der Waals surface area contributed by atoms with Gasteiger partial charge in [-0.3, -0.25) is 4.98 Å². The molecule has 1 aromatic carbocycles. The number of alkyl halides is 3. The van der Waals surface area contributed by atoms with E-state index in [4.69, 9.17) is 0 Å². The van der Waals surface area contributed by atoms with Crippen LogP contribution in [0.3, 0.4) is 0 Å². The molecule has 0 aliphatic heterocycles. The number of pyridine rings is 1. The van der Waals surface area contributed by atoms with Gasteiger partial charge in [-0.05, 0) is 29.3 Å². The molecule has 0 spiro atoms. The Morgan fingerprint density at radius 3 is 2.24 bits per heavy atom. The van der Waals surface area contributed by atoms with Crippen LogP contribution in [0.5, 0.6) is 0 Å². The standard InChI is InChI=1S/C16H14F3NO/c1-2-14(15(21)12-4-3-9-20-10-12)11-5-7-13(8-6-11)16(17,18)19/h2-10,14-15,21H,1H2. The van der Waals surface area contributed by atoms with Crippen LogP contribution in [0.15, 0.2) is 61.4 Å². The maximum Gasteiger partial charge on any atom is 0.416 e. The van der Waals surface area contributed by atoms with Crippen LogP contribution in [0, 0.1) is 0 Å². The van der Waals surface area contributed by atoms with Crippen LogP contribution in [0.1, 0.15) is 28.7 Å². The highest BCUT2D eigenvalue weighted by atomic mass is 19.4. The predicted molar refractivity (Wildman–Crippen MR) is 73.6 cm³/mol. The van der Waals surface area contributed by atoms with Crippen molar-refractivity contribution in [2.45, 2.75) is 18.2 Å². The van der Waals surface area contributed by atoms with Crippen molar-refractivity contribution >= 4 is 0 Å². The van der Waals surface area contributed by atoms with Gasteiger partial charge >= 0.3 is 6.18 Å². The molecular formula is C16H14F3NO. The zero-order chi connectivity index (χ0) is 15.5. The molecule has 1 heterocycles. The third kappa shape index (κ3) is 3.49. The molecule has 2 atom stereocenters. The molecule has 2 rings (SSSR count). The number of nitrogens with zero attached hydrogens (tertiary/aromatic N) is 1. The molecule has 0 aliphatic carbocycles. The van der Waals surface area contributed by atoms with E-state index in [0.717, 1.165) is 12.1 Å². The van der Waals surface area contributed by atoms with Crippen LogP contribution in [-0.4, -0.2) is 10.1 Å². The van der Waals surface area contributed by atoms with Crippen LogP contribution in [0.4, 0.5) is 13.2 Å². The summed E-state index contributed by atoms with van der Waals surface area (Å²) in [4.78, 5) is 3.92. The molecule has 110 valence electrons. The monoisotopic (exact) mass is 293 g/mol. The third-order valence-electron chi connectivity index (χ3n) is 3.24. The van der Waals surface area contributed by atoms with Gasteiger partial charge in [0.25, 0.3) is 0 Å². The smallest absolute Gasteiger partial charge is 0.387 e. The molecule has 2 nitrogen and oxygen atoms in total. The second kappa shape index (κ2) is 6.10. The van der Waals surface area contributed by atoms with E-state index in [-0.39, 0.29) is 0 Å². The molecule has 1 aromatic heterocycles. The quantitative estimate of drug-likeness (QED) is 0.861. The van der Waals surface area contributed by atoms with Gasteiger partial charge < -0.3 is 5.11 Å². The van der Waals surface area contributed by atoms with Crippen molar-refractivity contribution < 1.29 is 18.3 Å². The molecule has 1 N–H and O–H groups in total. The van der Waals surface area contributed by atoms with Gasteiger partial charge in [-0.1, -0.05) is 24.3 Å². The third-order valence-corrected chi connectivity index (χ3v) is 3.24. The van der Waals surface area contributed by atoms with E-state index in [1.54, 1.807) is 18.3 Å². The van der Waals surface area contributed by atoms with Crippen LogP contribution in [-0.2, 0) is 6.18 Å². The van der Waals surface area contributed by atoms with Gasteiger partial charge in [-0.15, -0.1) is 6.58 Å². The second-order valence-electron chi connectivity index (χ2n) is 4.61. The van der Waals surface area contributed by atoms with Crippen LogP contribution < -0.4 is 0 Å². The Labute approximate surface area is 120 Å². The molecule has 2 aromatic rings. The van der Waals surface area contributed by atoms with E-state index in [9.17, 15) is 18.3 Å².